The Morgan fingerprint density at radius 3 is 2.80 bits per heavy atom. The first-order chi connectivity index (χ1) is 9.56. The van der Waals surface area contributed by atoms with Crippen molar-refractivity contribution in [3.05, 3.63) is 41.6 Å². The van der Waals surface area contributed by atoms with Crippen molar-refractivity contribution < 1.29 is 19.4 Å². The Hall–Kier alpha value is -2.83. The number of anilines is 1. The van der Waals surface area contributed by atoms with E-state index in [4.69, 9.17) is 9.84 Å². The molecule has 0 aliphatic carbocycles. The van der Waals surface area contributed by atoms with E-state index in [1.807, 2.05) is 25.1 Å². The normalized spacial score (nSPS) is 10.1. The predicted octanol–water partition coefficient (Wildman–Crippen LogP) is 1.43. The summed E-state index contributed by atoms with van der Waals surface area (Å²) in [5.74, 6) is -0.803. The van der Waals surface area contributed by atoms with Gasteiger partial charge in [-0.2, -0.15) is 5.10 Å². The number of carboxylic acid groups (broad SMARTS) is 1. The third-order valence-electron chi connectivity index (χ3n) is 2.53. The Labute approximate surface area is 114 Å². The SMILES string of the molecule is Cc1ccccc1OCC(=O)Nc1cc(C(=O)O)[nH]n1. The smallest absolute Gasteiger partial charge is 0.353 e. The van der Waals surface area contributed by atoms with E-state index >= 15 is 0 Å². The molecule has 20 heavy (non-hydrogen) atoms. The highest BCUT2D eigenvalue weighted by molar-refractivity contribution is 5.93. The highest BCUT2D eigenvalue weighted by Gasteiger charge is 2.10. The van der Waals surface area contributed by atoms with Crippen molar-refractivity contribution in [1.29, 1.82) is 0 Å². The van der Waals surface area contributed by atoms with Gasteiger partial charge in [-0.1, -0.05) is 18.2 Å². The zero-order chi connectivity index (χ0) is 14.5. The third-order valence-corrected chi connectivity index (χ3v) is 2.53. The minimum atomic E-state index is -1.14. The molecule has 1 aromatic carbocycles. The number of carbonyl (C=O) groups is 2. The number of ether oxygens (including phenoxy) is 1. The summed E-state index contributed by atoms with van der Waals surface area (Å²) >= 11 is 0. The molecule has 7 nitrogen and oxygen atoms in total. The van der Waals surface area contributed by atoms with Crippen LogP contribution in [-0.4, -0.2) is 33.8 Å². The van der Waals surface area contributed by atoms with Crippen molar-refractivity contribution in [2.75, 3.05) is 11.9 Å². The molecule has 0 fully saturated rings. The molecule has 1 aromatic heterocycles. The summed E-state index contributed by atoms with van der Waals surface area (Å²) in [5.41, 5.74) is 0.827. The molecule has 0 radical (unpaired) electrons. The predicted molar refractivity (Wildman–Crippen MR) is 70.9 cm³/mol. The van der Waals surface area contributed by atoms with Gasteiger partial charge in [-0.15, -0.1) is 0 Å². The van der Waals surface area contributed by atoms with E-state index in [0.717, 1.165) is 5.56 Å². The van der Waals surface area contributed by atoms with Crippen LogP contribution in [0.4, 0.5) is 5.82 Å². The fourth-order valence-corrected chi connectivity index (χ4v) is 1.54. The monoisotopic (exact) mass is 275 g/mol. The molecular weight excluding hydrogens is 262 g/mol. The third kappa shape index (κ3) is 3.35. The van der Waals surface area contributed by atoms with Crippen molar-refractivity contribution in [2.45, 2.75) is 6.92 Å². The zero-order valence-corrected chi connectivity index (χ0v) is 10.7. The fraction of sp³-hybridized carbons (Fsp3) is 0.154. The van der Waals surface area contributed by atoms with Gasteiger partial charge in [0.05, 0.1) is 0 Å². The lowest BCUT2D eigenvalue weighted by Gasteiger charge is -2.07. The van der Waals surface area contributed by atoms with Gasteiger partial charge in [0, 0.05) is 6.07 Å². The van der Waals surface area contributed by atoms with E-state index in [0.29, 0.717) is 5.75 Å². The molecule has 0 aliphatic heterocycles. The zero-order valence-electron chi connectivity index (χ0n) is 10.7. The van der Waals surface area contributed by atoms with Gasteiger partial charge in [-0.3, -0.25) is 9.89 Å². The van der Waals surface area contributed by atoms with Gasteiger partial charge in [-0.05, 0) is 18.6 Å². The quantitative estimate of drug-likeness (QED) is 0.765. The molecule has 0 saturated heterocycles. The Morgan fingerprint density at radius 1 is 1.40 bits per heavy atom. The number of carboxylic acids is 1. The number of carbonyl (C=O) groups excluding carboxylic acids is 1. The van der Waals surface area contributed by atoms with Crippen LogP contribution < -0.4 is 10.1 Å². The summed E-state index contributed by atoms with van der Waals surface area (Å²) in [6.07, 6.45) is 0. The van der Waals surface area contributed by atoms with Crippen LogP contribution in [0.15, 0.2) is 30.3 Å². The van der Waals surface area contributed by atoms with E-state index in [1.165, 1.54) is 6.07 Å². The molecule has 0 saturated carbocycles. The second-order valence-corrected chi connectivity index (χ2v) is 4.07. The Balaban J connectivity index is 1.89. The molecular formula is C13H13N3O4. The molecule has 0 bridgehead atoms. The second kappa shape index (κ2) is 5.87. The number of H-pyrrole nitrogens is 1. The number of aromatic nitrogens is 2. The minimum absolute atomic E-state index is 0.0971. The molecule has 7 heteroatoms. The maximum atomic E-state index is 11.6. The molecule has 0 unspecified atom stereocenters. The van der Waals surface area contributed by atoms with Crippen molar-refractivity contribution >= 4 is 17.7 Å². The lowest BCUT2D eigenvalue weighted by Crippen LogP contribution is -2.20. The van der Waals surface area contributed by atoms with E-state index < -0.39 is 11.9 Å². The molecule has 2 rings (SSSR count). The highest BCUT2D eigenvalue weighted by atomic mass is 16.5. The first kappa shape index (κ1) is 13.6. The number of para-hydroxylation sites is 1. The largest absolute Gasteiger partial charge is 0.483 e. The number of hydrogen-bond acceptors (Lipinski definition) is 4. The van der Waals surface area contributed by atoms with E-state index in [-0.39, 0.29) is 18.1 Å². The second-order valence-electron chi connectivity index (χ2n) is 4.07. The lowest BCUT2D eigenvalue weighted by atomic mass is 10.2. The molecule has 104 valence electrons. The van der Waals surface area contributed by atoms with E-state index in [1.54, 1.807) is 6.07 Å². The Morgan fingerprint density at radius 2 is 2.15 bits per heavy atom. The summed E-state index contributed by atoms with van der Waals surface area (Å²) in [4.78, 5) is 22.3. The molecule has 3 N–H and O–H groups in total. The van der Waals surface area contributed by atoms with Gasteiger partial charge in [0.1, 0.15) is 11.4 Å². The highest BCUT2D eigenvalue weighted by Crippen LogP contribution is 2.16. The minimum Gasteiger partial charge on any atom is -0.483 e. The van der Waals surface area contributed by atoms with Gasteiger partial charge in [-0.25, -0.2) is 4.79 Å². The van der Waals surface area contributed by atoms with Crippen LogP contribution in [0.25, 0.3) is 0 Å². The van der Waals surface area contributed by atoms with Crippen LogP contribution in [-0.2, 0) is 4.79 Å². The van der Waals surface area contributed by atoms with Crippen molar-refractivity contribution in [3.8, 4) is 5.75 Å². The number of nitrogens with one attached hydrogen (secondary N) is 2. The van der Waals surface area contributed by atoms with Gasteiger partial charge >= 0.3 is 5.97 Å². The summed E-state index contributed by atoms with van der Waals surface area (Å²) in [6.45, 7) is 1.69. The number of aryl methyl sites for hydroxylation is 1. The molecule has 2 aromatic rings. The lowest BCUT2D eigenvalue weighted by molar-refractivity contribution is -0.118. The first-order valence-corrected chi connectivity index (χ1v) is 5.83. The molecule has 1 heterocycles. The van der Waals surface area contributed by atoms with Crippen LogP contribution in [0.3, 0.4) is 0 Å². The molecule has 0 spiro atoms. The van der Waals surface area contributed by atoms with E-state index in [9.17, 15) is 9.59 Å². The fourth-order valence-electron chi connectivity index (χ4n) is 1.54. The van der Waals surface area contributed by atoms with Gasteiger partial charge < -0.3 is 15.2 Å². The molecule has 0 aliphatic rings. The maximum absolute atomic E-state index is 11.6. The van der Waals surface area contributed by atoms with Crippen LogP contribution in [0.1, 0.15) is 16.1 Å². The topological polar surface area (TPSA) is 104 Å². The number of aromatic carboxylic acids is 1. The van der Waals surface area contributed by atoms with Crippen LogP contribution in [0, 0.1) is 6.92 Å². The average Bonchev–Trinajstić information content (AvgIpc) is 2.86. The Bertz CT molecular complexity index is 636. The van der Waals surface area contributed by atoms with Crippen molar-refractivity contribution in [1.82, 2.24) is 10.2 Å². The summed E-state index contributed by atoms with van der Waals surface area (Å²) in [6, 6.07) is 8.56. The first-order valence-electron chi connectivity index (χ1n) is 5.83. The van der Waals surface area contributed by atoms with Gasteiger partial charge in [0.2, 0.25) is 0 Å². The van der Waals surface area contributed by atoms with Gasteiger partial charge in [0.15, 0.2) is 12.4 Å². The molecule has 1 amide bonds. The van der Waals surface area contributed by atoms with E-state index in [2.05, 4.69) is 15.5 Å². The summed E-state index contributed by atoms with van der Waals surface area (Å²) < 4.78 is 5.36. The standard InChI is InChI=1S/C13H13N3O4/c1-8-4-2-3-5-10(8)20-7-12(17)14-11-6-9(13(18)19)15-16-11/h2-6H,7H2,1H3,(H,18,19)(H2,14,15,16,17). The number of nitrogens with zero attached hydrogens (tertiary/aromatic N) is 1. The average molecular weight is 275 g/mol. The number of hydrogen-bond donors (Lipinski definition) is 3. The van der Waals surface area contributed by atoms with Gasteiger partial charge in [0.25, 0.3) is 5.91 Å². The van der Waals surface area contributed by atoms with Crippen molar-refractivity contribution in [2.24, 2.45) is 0 Å². The summed E-state index contributed by atoms with van der Waals surface area (Å²) in [7, 11) is 0. The van der Waals surface area contributed by atoms with Crippen LogP contribution >= 0.6 is 0 Å². The number of rotatable bonds is 5. The Kier molecular flexibility index (Phi) is 3.99. The molecule has 0 atom stereocenters. The van der Waals surface area contributed by atoms with Crippen molar-refractivity contribution in [3.63, 3.8) is 0 Å². The van der Waals surface area contributed by atoms with Crippen LogP contribution in [0.5, 0.6) is 5.75 Å². The number of aromatic amines is 1. The van der Waals surface area contributed by atoms with Crippen LogP contribution in [0.2, 0.25) is 0 Å². The maximum Gasteiger partial charge on any atom is 0.353 e. The number of benzene rings is 1. The summed E-state index contributed by atoms with van der Waals surface area (Å²) in [5, 5.41) is 17.1. The number of amides is 1.